The SMILES string of the molecule is N#CCNC(=O)CN[C@@H](CCC(=O)O)C(=O)[O-].[Na+]. The van der Waals surface area contributed by atoms with Gasteiger partial charge in [-0.1, -0.05) is 0 Å². The van der Waals surface area contributed by atoms with Gasteiger partial charge in [0.05, 0.1) is 18.6 Å². The van der Waals surface area contributed by atoms with E-state index in [4.69, 9.17) is 10.4 Å². The van der Waals surface area contributed by atoms with Crippen LogP contribution in [0.25, 0.3) is 0 Å². The van der Waals surface area contributed by atoms with Crippen LogP contribution in [0.15, 0.2) is 0 Å². The van der Waals surface area contributed by atoms with E-state index in [1.165, 1.54) is 0 Å². The molecule has 0 aromatic carbocycles. The fourth-order valence-corrected chi connectivity index (χ4v) is 0.988. The van der Waals surface area contributed by atoms with Gasteiger partial charge in [0.25, 0.3) is 0 Å². The number of nitrogens with one attached hydrogen (secondary N) is 2. The quantitative estimate of drug-likeness (QED) is 0.293. The third-order valence-electron chi connectivity index (χ3n) is 1.81. The van der Waals surface area contributed by atoms with Gasteiger partial charge in [-0.3, -0.25) is 9.59 Å². The van der Waals surface area contributed by atoms with Gasteiger partial charge >= 0.3 is 35.5 Å². The van der Waals surface area contributed by atoms with Crippen LogP contribution in [0.2, 0.25) is 0 Å². The van der Waals surface area contributed by atoms with Crippen molar-refractivity contribution in [2.45, 2.75) is 18.9 Å². The van der Waals surface area contributed by atoms with Crippen molar-refractivity contribution in [3.05, 3.63) is 0 Å². The van der Waals surface area contributed by atoms with E-state index in [1.54, 1.807) is 6.07 Å². The molecule has 0 unspecified atom stereocenters. The Morgan fingerprint density at radius 3 is 2.44 bits per heavy atom. The van der Waals surface area contributed by atoms with Gasteiger partial charge in [0.1, 0.15) is 6.54 Å². The Kier molecular flexibility index (Phi) is 11.7. The van der Waals surface area contributed by atoms with Crippen molar-refractivity contribution in [2.24, 2.45) is 0 Å². The first kappa shape index (κ1) is 19.2. The molecule has 8 nitrogen and oxygen atoms in total. The standard InChI is InChI=1S/C9H13N3O5.Na/c10-3-4-11-7(13)5-12-6(9(16)17)1-2-8(14)15;/h6,12H,1-2,4-5H2,(H,11,13)(H,14,15)(H,16,17);/q;+1/p-1/t6-;/m0./s1. The molecule has 0 rings (SSSR count). The third-order valence-corrected chi connectivity index (χ3v) is 1.81. The number of hydrogen-bond acceptors (Lipinski definition) is 6. The third kappa shape index (κ3) is 10.0. The van der Waals surface area contributed by atoms with E-state index >= 15 is 0 Å². The molecular weight excluding hydrogens is 253 g/mol. The number of nitrogens with zero attached hydrogens (tertiary/aromatic N) is 1. The summed E-state index contributed by atoms with van der Waals surface area (Å²) in [6, 6.07) is 0.474. The molecule has 0 aromatic heterocycles. The zero-order valence-corrected chi connectivity index (χ0v) is 11.9. The Morgan fingerprint density at radius 2 is 2.00 bits per heavy atom. The smallest absolute Gasteiger partial charge is 0.548 e. The van der Waals surface area contributed by atoms with Gasteiger partial charge in [0.2, 0.25) is 5.91 Å². The summed E-state index contributed by atoms with van der Waals surface area (Å²) in [7, 11) is 0. The monoisotopic (exact) mass is 265 g/mol. The van der Waals surface area contributed by atoms with Gasteiger partial charge < -0.3 is 25.6 Å². The fourth-order valence-electron chi connectivity index (χ4n) is 0.988. The summed E-state index contributed by atoms with van der Waals surface area (Å²) >= 11 is 0. The second-order valence-electron chi connectivity index (χ2n) is 3.12. The maximum absolute atomic E-state index is 11.0. The zero-order chi connectivity index (χ0) is 13.3. The molecule has 0 fully saturated rings. The van der Waals surface area contributed by atoms with E-state index in [0.717, 1.165) is 0 Å². The van der Waals surface area contributed by atoms with Crippen molar-refractivity contribution in [3.63, 3.8) is 0 Å². The minimum absolute atomic E-state index is 0. The van der Waals surface area contributed by atoms with Crippen LogP contribution in [0.3, 0.4) is 0 Å². The molecule has 0 aromatic rings. The van der Waals surface area contributed by atoms with Gasteiger partial charge in [-0.15, -0.1) is 0 Å². The molecule has 18 heavy (non-hydrogen) atoms. The molecule has 0 aliphatic carbocycles. The Bertz CT molecular complexity index is 342. The van der Waals surface area contributed by atoms with Crippen molar-refractivity contribution in [1.29, 1.82) is 5.26 Å². The van der Waals surface area contributed by atoms with E-state index in [1.807, 2.05) is 0 Å². The maximum atomic E-state index is 11.0. The van der Waals surface area contributed by atoms with Crippen LogP contribution in [0.4, 0.5) is 0 Å². The minimum Gasteiger partial charge on any atom is -0.548 e. The van der Waals surface area contributed by atoms with Crippen molar-refractivity contribution in [3.8, 4) is 6.07 Å². The number of carboxylic acids is 2. The fraction of sp³-hybridized carbons (Fsp3) is 0.556. The van der Waals surface area contributed by atoms with Crippen LogP contribution in [-0.2, 0) is 14.4 Å². The molecule has 3 N–H and O–H groups in total. The number of aliphatic carboxylic acids is 2. The molecule has 1 atom stereocenters. The molecule has 0 aliphatic rings. The molecule has 0 radical (unpaired) electrons. The minimum atomic E-state index is -1.47. The van der Waals surface area contributed by atoms with E-state index in [9.17, 15) is 19.5 Å². The first-order valence-electron chi connectivity index (χ1n) is 4.77. The van der Waals surface area contributed by atoms with Gasteiger partial charge in [0.15, 0.2) is 0 Å². The second kappa shape index (κ2) is 11.0. The Labute approximate surface area is 126 Å². The zero-order valence-electron chi connectivity index (χ0n) is 9.93. The van der Waals surface area contributed by atoms with E-state index in [0.29, 0.717) is 0 Å². The summed E-state index contributed by atoms with van der Waals surface area (Å²) in [5.41, 5.74) is 0. The Hall–Kier alpha value is -1.14. The van der Waals surface area contributed by atoms with Crippen LogP contribution in [0.1, 0.15) is 12.8 Å². The van der Waals surface area contributed by atoms with Crippen LogP contribution in [0.5, 0.6) is 0 Å². The van der Waals surface area contributed by atoms with Gasteiger partial charge in [0, 0.05) is 12.5 Å². The molecule has 1 amide bonds. The van der Waals surface area contributed by atoms with Crippen molar-refractivity contribution in [1.82, 2.24) is 10.6 Å². The van der Waals surface area contributed by atoms with E-state index in [2.05, 4.69) is 10.6 Å². The van der Waals surface area contributed by atoms with Gasteiger partial charge in [-0.2, -0.15) is 5.26 Å². The molecule has 0 bridgehead atoms. The number of carbonyl (C=O) groups excluding carboxylic acids is 2. The molecular formula is C9H12N3NaO5. The Balaban J connectivity index is 0. The number of carbonyl (C=O) groups is 3. The molecule has 0 saturated heterocycles. The maximum Gasteiger partial charge on any atom is 1.00 e. The topological polar surface area (TPSA) is 142 Å². The summed E-state index contributed by atoms with van der Waals surface area (Å²) in [6.45, 7) is -0.494. The summed E-state index contributed by atoms with van der Waals surface area (Å²) < 4.78 is 0. The van der Waals surface area contributed by atoms with Crippen molar-refractivity contribution in [2.75, 3.05) is 13.1 Å². The average Bonchev–Trinajstić information content (AvgIpc) is 2.25. The summed E-state index contributed by atoms with van der Waals surface area (Å²) in [4.78, 5) is 31.9. The summed E-state index contributed by atoms with van der Waals surface area (Å²) in [5.74, 6) is -3.15. The Morgan fingerprint density at radius 1 is 1.39 bits per heavy atom. The van der Waals surface area contributed by atoms with Crippen LogP contribution in [-0.4, -0.2) is 42.1 Å². The number of nitriles is 1. The molecule has 0 saturated carbocycles. The van der Waals surface area contributed by atoms with Crippen molar-refractivity contribution < 1.29 is 54.2 Å². The van der Waals surface area contributed by atoms with Gasteiger partial charge in [-0.25, -0.2) is 0 Å². The molecule has 0 aliphatic heterocycles. The number of carboxylic acid groups (broad SMARTS) is 2. The molecule has 0 heterocycles. The van der Waals surface area contributed by atoms with E-state index < -0.39 is 23.9 Å². The summed E-state index contributed by atoms with van der Waals surface area (Å²) in [6.07, 6.45) is -0.519. The normalized spacial score (nSPS) is 10.6. The van der Waals surface area contributed by atoms with Crippen LogP contribution >= 0.6 is 0 Å². The number of amides is 1. The first-order valence-corrected chi connectivity index (χ1v) is 4.77. The van der Waals surface area contributed by atoms with Crippen LogP contribution in [0, 0.1) is 11.3 Å². The first-order chi connectivity index (χ1) is 7.97. The molecule has 0 spiro atoms. The van der Waals surface area contributed by atoms with Crippen molar-refractivity contribution >= 4 is 17.8 Å². The average molecular weight is 265 g/mol. The second-order valence-corrected chi connectivity index (χ2v) is 3.12. The van der Waals surface area contributed by atoms with Crippen LogP contribution < -0.4 is 45.3 Å². The number of rotatable bonds is 8. The number of hydrogen-bond donors (Lipinski definition) is 3. The molecule has 94 valence electrons. The summed E-state index contributed by atoms with van der Waals surface area (Å²) in [5, 5.41) is 31.7. The van der Waals surface area contributed by atoms with Gasteiger partial charge in [-0.05, 0) is 6.42 Å². The molecule has 9 heteroatoms. The van der Waals surface area contributed by atoms with E-state index in [-0.39, 0.29) is 55.5 Å². The largest absolute Gasteiger partial charge is 1.00 e. The predicted molar refractivity (Wildman–Crippen MR) is 52.3 cm³/mol. The predicted octanol–water partition coefficient (Wildman–Crippen LogP) is -5.80.